The molecule has 2 N–H and O–H groups in total. The molecule has 4 nitrogen and oxygen atoms in total. The van der Waals surface area contributed by atoms with Crippen LogP contribution in [0.5, 0.6) is 0 Å². The van der Waals surface area contributed by atoms with Crippen LogP contribution in [0.2, 0.25) is 0 Å². The van der Waals surface area contributed by atoms with Gasteiger partial charge in [-0.25, -0.2) is 4.79 Å². The predicted molar refractivity (Wildman–Crippen MR) is 50.4 cm³/mol. The number of nitrogens with one attached hydrogen (secondary N) is 1. The second kappa shape index (κ2) is 3.46. The van der Waals surface area contributed by atoms with E-state index in [2.05, 4.69) is 4.98 Å². The molecule has 0 radical (unpaired) electrons. The quantitative estimate of drug-likeness (QED) is 0.772. The Hall–Kier alpha value is -1.29. The van der Waals surface area contributed by atoms with Gasteiger partial charge in [-0.3, -0.25) is 0 Å². The summed E-state index contributed by atoms with van der Waals surface area (Å²) in [7, 11) is 0. The van der Waals surface area contributed by atoms with E-state index in [0.29, 0.717) is 6.61 Å². The first-order valence-electron chi connectivity index (χ1n) is 4.79. The lowest BCUT2D eigenvalue weighted by molar-refractivity contribution is 0.0637. The highest BCUT2D eigenvalue weighted by atomic mass is 16.5. The van der Waals surface area contributed by atoms with E-state index < -0.39 is 5.97 Å². The lowest BCUT2D eigenvalue weighted by atomic mass is 10.2. The van der Waals surface area contributed by atoms with E-state index in [1.54, 1.807) is 6.07 Å². The van der Waals surface area contributed by atoms with Gasteiger partial charge in [0.15, 0.2) is 0 Å². The number of ether oxygens (including phenoxy) is 1. The number of H-pyrrole nitrogens is 1. The van der Waals surface area contributed by atoms with Crippen LogP contribution in [0, 0.1) is 0 Å². The molecular weight excluding hydrogens is 182 g/mol. The molecule has 0 aromatic carbocycles. The van der Waals surface area contributed by atoms with E-state index in [1.165, 1.54) is 0 Å². The molecule has 1 unspecified atom stereocenters. The van der Waals surface area contributed by atoms with E-state index in [1.807, 2.05) is 6.92 Å². The van der Waals surface area contributed by atoms with Crippen molar-refractivity contribution in [2.24, 2.45) is 0 Å². The van der Waals surface area contributed by atoms with Crippen LogP contribution < -0.4 is 0 Å². The lowest BCUT2D eigenvalue weighted by Gasteiger charge is -2.08. The fourth-order valence-electron chi connectivity index (χ4n) is 1.93. The normalized spacial score (nSPS) is 19.6. The summed E-state index contributed by atoms with van der Waals surface area (Å²) < 4.78 is 5.51. The molecule has 2 rings (SSSR count). The van der Waals surface area contributed by atoms with E-state index in [-0.39, 0.29) is 11.8 Å². The fraction of sp³-hybridized carbons (Fsp3) is 0.500. The van der Waals surface area contributed by atoms with Crippen molar-refractivity contribution in [3.63, 3.8) is 0 Å². The maximum Gasteiger partial charge on any atom is 0.352 e. The Bertz CT molecular complexity index is 356. The van der Waals surface area contributed by atoms with Crippen molar-refractivity contribution in [2.75, 3.05) is 6.61 Å². The zero-order chi connectivity index (χ0) is 10.1. The number of aromatic nitrogens is 1. The van der Waals surface area contributed by atoms with Crippen molar-refractivity contribution in [1.82, 2.24) is 4.98 Å². The maximum absolute atomic E-state index is 10.7. The molecule has 1 aromatic heterocycles. The first-order valence-corrected chi connectivity index (χ1v) is 4.79. The minimum atomic E-state index is -0.908. The van der Waals surface area contributed by atoms with Gasteiger partial charge in [0.1, 0.15) is 5.69 Å². The Labute approximate surface area is 81.9 Å². The largest absolute Gasteiger partial charge is 0.477 e. The van der Waals surface area contributed by atoms with Gasteiger partial charge in [0.05, 0.1) is 6.10 Å². The number of aromatic carboxylic acids is 1. The zero-order valence-electron chi connectivity index (χ0n) is 8.04. The van der Waals surface area contributed by atoms with E-state index in [4.69, 9.17) is 9.84 Å². The van der Waals surface area contributed by atoms with Crippen LogP contribution in [0.1, 0.15) is 41.2 Å². The molecule has 4 heteroatoms. The number of hydrogen-bond acceptors (Lipinski definition) is 2. The third kappa shape index (κ3) is 1.42. The van der Waals surface area contributed by atoms with Crippen LogP contribution in [0.25, 0.3) is 0 Å². The summed E-state index contributed by atoms with van der Waals surface area (Å²) in [6.07, 6.45) is 1.92. The van der Waals surface area contributed by atoms with Crippen molar-refractivity contribution in [3.8, 4) is 0 Å². The summed E-state index contributed by atoms with van der Waals surface area (Å²) in [6.45, 7) is 2.61. The number of aryl methyl sites for hydroxylation is 1. The van der Waals surface area contributed by atoms with Crippen LogP contribution >= 0.6 is 0 Å². The van der Waals surface area contributed by atoms with Gasteiger partial charge in [0.25, 0.3) is 0 Å². The van der Waals surface area contributed by atoms with Gasteiger partial charge in [-0.15, -0.1) is 0 Å². The van der Waals surface area contributed by atoms with Crippen LogP contribution in [0.15, 0.2) is 6.07 Å². The third-order valence-corrected chi connectivity index (χ3v) is 2.54. The number of aromatic amines is 1. The van der Waals surface area contributed by atoms with Crippen molar-refractivity contribution in [1.29, 1.82) is 0 Å². The van der Waals surface area contributed by atoms with Crippen molar-refractivity contribution >= 4 is 5.97 Å². The molecular formula is C10H13NO3. The first-order chi connectivity index (χ1) is 6.72. The summed E-state index contributed by atoms with van der Waals surface area (Å²) in [4.78, 5) is 13.6. The van der Waals surface area contributed by atoms with Crippen LogP contribution in [-0.2, 0) is 11.2 Å². The molecule has 0 fully saturated rings. The molecule has 0 saturated carbocycles. The highest BCUT2D eigenvalue weighted by Gasteiger charge is 2.26. The Kier molecular flexibility index (Phi) is 2.29. The smallest absolute Gasteiger partial charge is 0.352 e. The van der Waals surface area contributed by atoms with Gasteiger partial charge in [0, 0.05) is 17.9 Å². The minimum Gasteiger partial charge on any atom is -0.477 e. The maximum atomic E-state index is 10.7. The summed E-state index contributed by atoms with van der Waals surface area (Å²) >= 11 is 0. The van der Waals surface area contributed by atoms with E-state index >= 15 is 0 Å². The molecule has 1 atom stereocenters. The number of hydrogen-bond donors (Lipinski definition) is 2. The highest BCUT2D eigenvalue weighted by molar-refractivity contribution is 5.86. The summed E-state index contributed by atoms with van der Waals surface area (Å²) in [6, 6.07) is 1.69. The van der Waals surface area contributed by atoms with Gasteiger partial charge in [-0.2, -0.15) is 0 Å². The second-order valence-electron chi connectivity index (χ2n) is 3.40. The number of fused-ring (bicyclic) bond motifs is 1. The SMILES string of the molecule is CCOC1CCc2[nH]c(C(=O)O)cc21. The fourth-order valence-corrected chi connectivity index (χ4v) is 1.93. The average molecular weight is 195 g/mol. The number of carboxylic acid groups (broad SMARTS) is 1. The predicted octanol–water partition coefficient (Wildman–Crippen LogP) is 1.74. The minimum absolute atomic E-state index is 0.0827. The van der Waals surface area contributed by atoms with Gasteiger partial charge >= 0.3 is 5.97 Å². The summed E-state index contributed by atoms with van der Waals surface area (Å²) in [5, 5.41) is 8.79. The molecule has 0 amide bonds. The standard InChI is InChI=1S/C10H13NO3/c1-2-14-9-4-3-7-6(9)5-8(11-7)10(12)13/h5,9,11H,2-4H2,1H3,(H,12,13). The molecule has 0 saturated heterocycles. The third-order valence-electron chi connectivity index (χ3n) is 2.54. The molecule has 1 heterocycles. The average Bonchev–Trinajstić information content (AvgIpc) is 2.67. The molecule has 14 heavy (non-hydrogen) atoms. The van der Waals surface area contributed by atoms with Crippen molar-refractivity contribution in [2.45, 2.75) is 25.9 Å². The van der Waals surface area contributed by atoms with E-state index in [9.17, 15) is 4.79 Å². The van der Waals surface area contributed by atoms with E-state index in [0.717, 1.165) is 24.1 Å². The molecule has 0 aliphatic heterocycles. The van der Waals surface area contributed by atoms with Crippen molar-refractivity contribution in [3.05, 3.63) is 23.0 Å². The number of carbonyl (C=O) groups is 1. The Morgan fingerprint density at radius 2 is 2.57 bits per heavy atom. The summed E-state index contributed by atoms with van der Waals surface area (Å²) in [5.41, 5.74) is 2.30. The Morgan fingerprint density at radius 1 is 1.79 bits per heavy atom. The van der Waals surface area contributed by atoms with Crippen LogP contribution in [0.4, 0.5) is 0 Å². The zero-order valence-corrected chi connectivity index (χ0v) is 8.04. The highest BCUT2D eigenvalue weighted by Crippen LogP contribution is 2.34. The second-order valence-corrected chi connectivity index (χ2v) is 3.40. The lowest BCUT2D eigenvalue weighted by Crippen LogP contribution is -2.00. The molecule has 0 spiro atoms. The molecule has 1 aliphatic carbocycles. The molecule has 76 valence electrons. The van der Waals surface area contributed by atoms with Gasteiger partial charge < -0.3 is 14.8 Å². The van der Waals surface area contributed by atoms with Crippen molar-refractivity contribution < 1.29 is 14.6 Å². The molecule has 1 aliphatic rings. The molecule has 1 aromatic rings. The molecule has 0 bridgehead atoms. The Morgan fingerprint density at radius 3 is 3.21 bits per heavy atom. The summed E-state index contributed by atoms with van der Waals surface area (Å²) in [5.74, 6) is -0.908. The van der Waals surface area contributed by atoms with Crippen LogP contribution in [-0.4, -0.2) is 22.7 Å². The number of carboxylic acids is 1. The van der Waals surface area contributed by atoms with Crippen LogP contribution in [0.3, 0.4) is 0 Å². The van der Waals surface area contributed by atoms with Gasteiger partial charge in [-0.1, -0.05) is 0 Å². The monoisotopic (exact) mass is 195 g/mol. The number of rotatable bonds is 3. The topological polar surface area (TPSA) is 62.3 Å². The first kappa shape index (κ1) is 9.27. The van der Waals surface area contributed by atoms with Gasteiger partial charge in [0.2, 0.25) is 0 Å². The Balaban J connectivity index is 2.26. The van der Waals surface area contributed by atoms with Gasteiger partial charge in [-0.05, 0) is 25.8 Å².